The third-order valence-corrected chi connectivity index (χ3v) is 4.28. The van der Waals surface area contributed by atoms with Gasteiger partial charge in [-0.2, -0.15) is 0 Å². The molecule has 3 heterocycles. The number of nitrogens with one attached hydrogen (secondary N) is 2. The van der Waals surface area contributed by atoms with Gasteiger partial charge in [0.05, 0.1) is 5.52 Å². The van der Waals surface area contributed by atoms with Gasteiger partial charge in [0, 0.05) is 18.8 Å². The second kappa shape index (κ2) is 7.22. The third kappa shape index (κ3) is 3.36. The number of hydrogen-bond donors (Lipinski definition) is 2. The number of amides is 2. The van der Waals surface area contributed by atoms with Crippen LogP contribution in [0, 0.1) is 0 Å². The number of carbonyl (C=O) groups excluding carboxylic acids is 2. The van der Waals surface area contributed by atoms with E-state index < -0.39 is 0 Å². The van der Waals surface area contributed by atoms with Crippen LogP contribution in [0.4, 0.5) is 0 Å². The lowest BCUT2D eigenvalue weighted by molar-refractivity contribution is 0.0932. The van der Waals surface area contributed by atoms with Crippen LogP contribution < -0.4 is 20.1 Å². The van der Waals surface area contributed by atoms with E-state index in [1.165, 1.54) is 0 Å². The summed E-state index contributed by atoms with van der Waals surface area (Å²) in [6.45, 7) is 4.24. The fourth-order valence-corrected chi connectivity index (χ4v) is 3.01. The minimum Gasteiger partial charge on any atom is -0.454 e. The first-order chi connectivity index (χ1) is 13.5. The molecule has 0 radical (unpaired) electrons. The van der Waals surface area contributed by atoms with E-state index in [2.05, 4.69) is 15.6 Å². The van der Waals surface area contributed by atoms with Crippen molar-refractivity contribution in [2.45, 2.75) is 26.4 Å². The van der Waals surface area contributed by atoms with Crippen molar-refractivity contribution >= 4 is 17.3 Å². The first-order valence-electron chi connectivity index (χ1n) is 8.97. The van der Waals surface area contributed by atoms with Crippen molar-refractivity contribution in [3.63, 3.8) is 0 Å². The quantitative estimate of drug-likeness (QED) is 0.707. The van der Waals surface area contributed by atoms with Gasteiger partial charge in [0.1, 0.15) is 0 Å². The van der Waals surface area contributed by atoms with Gasteiger partial charge in [-0.3, -0.25) is 14.0 Å². The van der Waals surface area contributed by atoms with Gasteiger partial charge in [-0.25, -0.2) is 4.98 Å². The molecule has 4 rings (SSSR count). The predicted octanol–water partition coefficient (Wildman–Crippen LogP) is 2.13. The zero-order valence-electron chi connectivity index (χ0n) is 15.6. The van der Waals surface area contributed by atoms with Crippen molar-refractivity contribution in [3.05, 3.63) is 59.7 Å². The molecule has 0 atom stereocenters. The molecule has 0 unspecified atom stereocenters. The Morgan fingerprint density at radius 2 is 1.96 bits per heavy atom. The maximum Gasteiger partial charge on any atom is 0.287 e. The third-order valence-electron chi connectivity index (χ3n) is 4.28. The van der Waals surface area contributed by atoms with Gasteiger partial charge >= 0.3 is 0 Å². The Balaban J connectivity index is 1.56. The summed E-state index contributed by atoms with van der Waals surface area (Å²) >= 11 is 0. The van der Waals surface area contributed by atoms with Gasteiger partial charge in [0.25, 0.3) is 11.8 Å². The van der Waals surface area contributed by atoms with E-state index in [0.29, 0.717) is 23.6 Å². The highest BCUT2D eigenvalue weighted by Gasteiger charge is 2.22. The summed E-state index contributed by atoms with van der Waals surface area (Å²) in [6, 6.07) is 10.8. The first kappa shape index (κ1) is 17.8. The van der Waals surface area contributed by atoms with Gasteiger partial charge in [-0.15, -0.1) is 0 Å². The van der Waals surface area contributed by atoms with Crippen LogP contribution >= 0.6 is 0 Å². The van der Waals surface area contributed by atoms with Gasteiger partial charge in [0.2, 0.25) is 12.6 Å². The lowest BCUT2D eigenvalue weighted by atomic mass is 10.2. The number of ether oxygens (including phenoxy) is 2. The minimum atomic E-state index is -0.357. The summed E-state index contributed by atoms with van der Waals surface area (Å²) in [4.78, 5) is 29.5. The summed E-state index contributed by atoms with van der Waals surface area (Å²) < 4.78 is 12.3. The van der Waals surface area contributed by atoms with Gasteiger partial charge in [-0.05, 0) is 43.7 Å². The van der Waals surface area contributed by atoms with E-state index in [0.717, 1.165) is 5.56 Å². The molecule has 2 N–H and O–H groups in total. The minimum absolute atomic E-state index is 0.0353. The smallest absolute Gasteiger partial charge is 0.287 e. The van der Waals surface area contributed by atoms with Crippen LogP contribution in [-0.2, 0) is 6.54 Å². The van der Waals surface area contributed by atoms with Crippen molar-refractivity contribution in [1.82, 2.24) is 20.0 Å². The number of hydrogen-bond acceptors (Lipinski definition) is 5. The summed E-state index contributed by atoms with van der Waals surface area (Å²) in [7, 11) is 0. The van der Waals surface area contributed by atoms with Crippen LogP contribution in [0.3, 0.4) is 0 Å². The normalized spacial score (nSPS) is 12.4. The molecular weight excluding hydrogens is 360 g/mol. The second-order valence-electron chi connectivity index (χ2n) is 6.74. The molecule has 8 nitrogen and oxygen atoms in total. The Bertz CT molecular complexity index is 1060. The number of benzene rings is 1. The van der Waals surface area contributed by atoms with Crippen LogP contribution in [0.2, 0.25) is 0 Å². The Hall–Kier alpha value is -3.55. The molecule has 8 heteroatoms. The van der Waals surface area contributed by atoms with Crippen molar-refractivity contribution in [2.75, 3.05) is 6.79 Å². The zero-order chi connectivity index (χ0) is 19.7. The highest BCUT2D eigenvalue weighted by Crippen LogP contribution is 2.32. The van der Waals surface area contributed by atoms with E-state index in [1.807, 2.05) is 32.0 Å². The molecular formula is C20H20N4O4. The number of carbonyl (C=O) groups is 2. The summed E-state index contributed by atoms with van der Waals surface area (Å²) in [5, 5.41) is 5.65. The number of rotatable bonds is 5. The van der Waals surface area contributed by atoms with Gasteiger partial charge < -0.3 is 20.1 Å². The SMILES string of the molecule is CC(C)NC(=O)c1nc(C(=O)NCc2ccc3c(c2)OCO3)c2ccccn12. The van der Waals surface area contributed by atoms with E-state index >= 15 is 0 Å². The van der Waals surface area contributed by atoms with Gasteiger partial charge in [0.15, 0.2) is 17.2 Å². The number of aromatic nitrogens is 2. The highest BCUT2D eigenvalue weighted by atomic mass is 16.7. The molecule has 1 aromatic carbocycles. The first-order valence-corrected chi connectivity index (χ1v) is 8.97. The fourth-order valence-electron chi connectivity index (χ4n) is 3.01. The van der Waals surface area contributed by atoms with E-state index in [-0.39, 0.29) is 36.2 Å². The maximum atomic E-state index is 12.7. The Morgan fingerprint density at radius 1 is 1.14 bits per heavy atom. The molecule has 0 saturated carbocycles. The zero-order valence-corrected chi connectivity index (χ0v) is 15.6. The van der Waals surface area contributed by atoms with Gasteiger partial charge in [-0.1, -0.05) is 12.1 Å². The van der Waals surface area contributed by atoms with Crippen LogP contribution in [0.1, 0.15) is 40.5 Å². The molecule has 2 aromatic heterocycles. The lowest BCUT2D eigenvalue weighted by Gasteiger charge is -2.06. The topological polar surface area (TPSA) is 94.0 Å². The van der Waals surface area contributed by atoms with Crippen molar-refractivity contribution < 1.29 is 19.1 Å². The van der Waals surface area contributed by atoms with E-state index in [9.17, 15) is 9.59 Å². The molecule has 0 spiro atoms. The monoisotopic (exact) mass is 380 g/mol. The largest absolute Gasteiger partial charge is 0.454 e. The standard InChI is InChI=1S/C20H20N4O4/c1-12(2)22-20(26)18-23-17(14-5-3-4-8-24(14)18)19(25)21-10-13-6-7-15-16(9-13)28-11-27-15/h3-9,12H,10-11H2,1-2H3,(H,21,25)(H,22,26). The van der Waals surface area contributed by atoms with E-state index in [1.54, 1.807) is 28.8 Å². The number of fused-ring (bicyclic) bond motifs is 2. The van der Waals surface area contributed by atoms with Crippen LogP contribution in [0.15, 0.2) is 42.6 Å². The van der Waals surface area contributed by atoms with Crippen LogP contribution in [-0.4, -0.2) is 34.0 Å². The molecule has 2 amide bonds. The maximum absolute atomic E-state index is 12.7. The average molecular weight is 380 g/mol. The van der Waals surface area contributed by atoms with E-state index in [4.69, 9.17) is 9.47 Å². The Morgan fingerprint density at radius 3 is 2.79 bits per heavy atom. The number of imidazole rings is 1. The summed E-state index contributed by atoms with van der Waals surface area (Å²) in [5.74, 6) is 0.844. The molecule has 144 valence electrons. The summed E-state index contributed by atoms with van der Waals surface area (Å²) in [5.41, 5.74) is 1.65. The molecule has 3 aromatic rings. The molecule has 0 saturated heterocycles. The second-order valence-corrected chi connectivity index (χ2v) is 6.74. The Kier molecular flexibility index (Phi) is 4.60. The molecule has 0 fully saturated rings. The van der Waals surface area contributed by atoms with Crippen LogP contribution in [0.25, 0.3) is 5.52 Å². The molecule has 1 aliphatic heterocycles. The predicted molar refractivity (Wildman–Crippen MR) is 102 cm³/mol. The summed E-state index contributed by atoms with van der Waals surface area (Å²) in [6.07, 6.45) is 1.71. The molecule has 28 heavy (non-hydrogen) atoms. The molecule has 0 aliphatic carbocycles. The number of pyridine rings is 1. The average Bonchev–Trinajstić information content (AvgIpc) is 3.29. The molecule has 1 aliphatic rings. The highest BCUT2D eigenvalue weighted by molar-refractivity contribution is 6.02. The van der Waals surface area contributed by atoms with Crippen molar-refractivity contribution in [3.8, 4) is 11.5 Å². The van der Waals surface area contributed by atoms with Crippen molar-refractivity contribution in [1.29, 1.82) is 0 Å². The fraction of sp³-hybridized carbons (Fsp3) is 0.250. The number of nitrogens with zero attached hydrogens (tertiary/aromatic N) is 2. The Labute approximate surface area is 161 Å². The van der Waals surface area contributed by atoms with Crippen molar-refractivity contribution in [2.24, 2.45) is 0 Å². The molecule has 0 bridgehead atoms. The van der Waals surface area contributed by atoms with Crippen LogP contribution in [0.5, 0.6) is 11.5 Å². The lowest BCUT2D eigenvalue weighted by Crippen LogP contribution is -2.31.